The molecular formula is C22H27ClN2O3S. The molecule has 2 aromatic rings. The lowest BCUT2D eigenvalue weighted by Crippen LogP contribution is -2.45. The van der Waals surface area contributed by atoms with Crippen molar-refractivity contribution in [3.8, 4) is 0 Å². The first-order chi connectivity index (χ1) is 13.8. The summed E-state index contributed by atoms with van der Waals surface area (Å²) in [6.45, 7) is 5.45. The molecule has 1 aliphatic rings. The van der Waals surface area contributed by atoms with Gasteiger partial charge in [0.2, 0.25) is 15.9 Å². The van der Waals surface area contributed by atoms with Crippen molar-refractivity contribution in [2.24, 2.45) is 5.92 Å². The predicted molar refractivity (Wildman–Crippen MR) is 115 cm³/mol. The SMILES string of the molecule is Cc1ccccc1CN(CC(=O)N1CCC(C)CC1)S(=O)(=O)c1ccc(Cl)cc1. The molecule has 156 valence electrons. The van der Waals surface area contributed by atoms with Crippen LogP contribution in [0.1, 0.15) is 30.9 Å². The van der Waals surface area contributed by atoms with E-state index in [9.17, 15) is 13.2 Å². The Hall–Kier alpha value is -1.89. The molecule has 1 saturated heterocycles. The molecule has 0 N–H and O–H groups in total. The number of rotatable bonds is 6. The van der Waals surface area contributed by atoms with Crippen molar-refractivity contribution >= 4 is 27.5 Å². The van der Waals surface area contributed by atoms with Gasteiger partial charge in [0.25, 0.3) is 0 Å². The highest BCUT2D eigenvalue weighted by atomic mass is 35.5. The summed E-state index contributed by atoms with van der Waals surface area (Å²) in [5.41, 5.74) is 1.87. The van der Waals surface area contributed by atoms with Crippen LogP contribution in [0.5, 0.6) is 0 Å². The number of sulfonamides is 1. The van der Waals surface area contributed by atoms with Crippen molar-refractivity contribution in [2.45, 2.75) is 38.1 Å². The smallest absolute Gasteiger partial charge is 0.243 e. The van der Waals surface area contributed by atoms with Crippen LogP contribution < -0.4 is 0 Å². The van der Waals surface area contributed by atoms with Gasteiger partial charge in [0.15, 0.2) is 0 Å². The van der Waals surface area contributed by atoms with E-state index in [4.69, 9.17) is 11.6 Å². The molecule has 0 bridgehead atoms. The largest absolute Gasteiger partial charge is 0.342 e. The van der Waals surface area contributed by atoms with E-state index in [0.717, 1.165) is 24.0 Å². The maximum atomic E-state index is 13.3. The number of hydrogen-bond acceptors (Lipinski definition) is 3. The minimum Gasteiger partial charge on any atom is -0.342 e. The molecular weight excluding hydrogens is 408 g/mol. The molecule has 7 heteroatoms. The summed E-state index contributed by atoms with van der Waals surface area (Å²) < 4.78 is 28.0. The van der Waals surface area contributed by atoms with Gasteiger partial charge in [-0.15, -0.1) is 0 Å². The van der Waals surface area contributed by atoms with Gasteiger partial charge in [-0.3, -0.25) is 4.79 Å². The van der Waals surface area contributed by atoms with E-state index in [1.165, 1.54) is 16.4 Å². The minimum absolute atomic E-state index is 0.135. The average molecular weight is 435 g/mol. The second-order valence-electron chi connectivity index (χ2n) is 7.72. The summed E-state index contributed by atoms with van der Waals surface area (Å²) in [4.78, 5) is 14.8. The van der Waals surface area contributed by atoms with E-state index >= 15 is 0 Å². The first kappa shape index (κ1) is 21.8. The number of carbonyl (C=O) groups is 1. The molecule has 0 spiro atoms. The van der Waals surface area contributed by atoms with Crippen molar-refractivity contribution in [2.75, 3.05) is 19.6 Å². The van der Waals surface area contributed by atoms with Gasteiger partial charge in [0.1, 0.15) is 0 Å². The Morgan fingerprint density at radius 2 is 1.72 bits per heavy atom. The first-order valence-electron chi connectivity index (χ1n) is 9.85. The highest BCUT2D eigenvalue weighted by Gasteiger charge is 2.30. The number of aryl methyl sites for hydroxylation is 1. The molecule has 1 aliphatic heterocycles. The summed E-state index contributed by atoms with van der Waals surface area (Å²) in [5, 5.41) is 0.466. The third-order valence-electron chi connectivity index (χ3n) is 5.51. The standard InChI is InChI=1S/C22H27ClN2O3S/c1-17-11-13-24(14-12-17)22(26)16-25(15-19-6-4-3-5-18(19)2)29(27,28)21-9-7-20(23)8-10-21/h3-10,17H,11-16H2,1-2H3. The number of piperidine rings is 1. The third kappa shape index (κ3) is 5.38. The molecule has 0 unspecified atom stereocenters. The fourth-order valence-electron chi connectivity index (χ4n) is 3.47. The molecule has 2 aromatic carbocycles. The number of benzene rings is 2. The lowest BCUT2D eigenvalue weighted by Gasteiger charge is -2.32. The lowest BCUT2D eigenvalue weighted by molar-refractivity contribution is -0.132. The van der Waals surface area contributed by atoms with Crippen LogP contribution in [0, 0.1) is 12.8 Å². The van der Waals surface area contributed by atoms with Crippen LogP contribution in [0.25, 0.3) is 0 Å². The van der Waals surface area contributed by atoms with Gasteiger partial charge < -0.3 is 4.90 Å². The highest BCUT2D eigenvalue weighted by molar-refractivity contribution is 7.89. The molecule has 1 amide bonds. The molecule has 1 heterocycles. The van der Waals surface area contributed by atoms with Crippen molar-refractivity contribution < 1.29 is 13.2 Å². The van der Waals surface area contributed by atoms with Gasteiger partial charge in [-0.2, -0.15) is 4.31 Å². The Balaban J connectivity index is 1.88. The van der Waals surface area contributed by atoms with Crippen LogP contribution in [-0.4, -0.2) is 43.2 Å². The average Bonchev–Trinajstić information content (AvgIpc) is 2.70. The fourth-order valence-corrected chi connectivity index (χ4v) is 4.96. The van der Waals surface area contributed by atoms with E-state index in [1.807, 2.05) is 31.2 Å². The summed E-state index contributed by atoms with van der Waals surface area (Å²) in [5.74, 6) is 0.447. The third-order valence-corrected chi connectivity index (χ3v) is 7.57. The molecule has 1 fully saturated rings. The second kappa shape index (κ2) is 9.28. The van der Waals surface area contributed by atoms with Crippen molar-refractivity contribution in [1.82, 2.24) is 9.21 Å². The van der Waals surface area contributed by atoms with Crippen molar-refractivity contribution in [1.29, 1.82) is 0 Å². The van der Waals surface area contributed by atoms with Crippen LogP contribution in [0.2, 0.25) is 5.02 Å². The normalized spacial score (nSPS) is 15.7. The van der Waals surface area contributed by atoms with Crippen LogP contribution in [0.15, 0.2) is 53.4 Å². The molecule has 0 aliphatic carbocycles. The fraction of sp³-hybridized carbons (Fsp3) is 0.409. The Labute approximate surface area is 178 Å². The zero-order valence-electron chi connectivity index (χ0n) is 16.8. The van der Waals surface area contributed by atoms with E-state index in [-0.39, 0.29) is 23.9 Å². The van der Waals surface area contributed by atoms with Gasteiger partial charge in [0.05, 0.1) is 11.4 Å². The molecule has 0 aromatic heterocycles. The maximum absolute atomic E-state index is 13.3. The van der Waals surface area contributed by atoms with Crippen LogP contribution in [0.3, 0.4) is 0 Å². The molecule has 0 saturated carbocycles. The number of likely N-dealkylation sites (tertiary alicyclic amines) is 1. The first-order valence-corrected chi connectivity index (χ1v) is 11.7. The maximum Gasteiger partial charge on any atom is 0.243 e. The zero-order valence-corrected chi connectivity index (χ0v) is 18.4. The Bertz CT molecular complexity index is 952. The second-order valence-corrected chi connectivity index (χ2v) is 10.1. The number of hydrogen-bond donors (Lipinski definition) is 0. The van der Waals surface area contributed by atoms with Gasteiger partial charge in [-0.1, -0.05) is 42.8 Å². The van der Waals surface area contributed by atoms with Crippen molar-refractivity contribution in [3.63, 3.8) is 0 Å². The van der Waals surface area contributed by atoms with Crippen LogP contribution in [-0.2, 0) is 21.4 Å². The minimum atomic E-state index is -3.85. The summed E-state index contributed by atoms with van der Waals surface area (Å²) >= 11 is 5.92. The van der Waals surface area contributed by atoms with E-state index in [1.54, 1.807) is 17.0 Å². The van der Waals surface area contributed by atoms with Gasteiger partial charge in [-0.05, 0) is 61.1 Å². The van der Waals surface area contributed by atoms with Crippen LogP contribution in [0.4, 0.5) is 0 Å². The summed E-state index contributed by atoms with van der Waals surface area (Å²) in [6.07, 6.45) is 1.90. The predicted octanol–water partition coefficient (Wildman–Crippen LogP) is 4.10. The van der Waals surface area contributed by atoms with Crippen molar-refractivity contribution in [3.05, 3.63) is 64.7 Å². The van der Waals surface area contributed by atoms with Gasteiger partial charge in [0, 0.05) is 24.7 Å². The number of nitrogens with zero attached hydrogens (tertiary/aromatic N) is 2. The van der Waals surface area contributed by atoms with E-state index in [0.29, 0.717) is 24.0 Å². The Morgan fingerprint density at radius 3 is 2.34 bits per heavy atom. The van der Waals surface area contributed by atoms with Crippen LogP contribution >= 0.6 is 11.6 Å². The number of amides is 1. The Morgan fingerprint density at radius 1 is 1.10 bits per heavy atom. The van der Waals surface area contributed by atoms with Gasteiger partial charge >= 0.3 is 0 Å². The molecule has 3 rings (SSSR count). The highest BCUT2D eigenvalue weighted by Crippen LogP contribution is 2.23. The number of carbonyl (C=O) groups excluding carboxylic acids is 1. The molecule has 5 nitrogen and oxygen atoms in total. The Kier molecular flexibility index (Phi) is 6.98. The lowest BCUT2D eigenvalue weighted by atomic mass is 9.99. The molecule has 0 radical (unpaired) electrons. The quantitative estimate of drug-likeness (QED) is 0.687. The zero-order chi connectivity index (χ0) is 21.0. The van der Waals surface area contributed by atoms with Gasteiger partial charge in [-0.25, -0.2) is 8.42 Å². The topological polar surface area (TPSA) is 57.7 Å². The molecule has 0 atom stereocenters. The summed E-state index contributed by atoms with van der Waals surface area (Å²) in [7, 11) is -3.85. The molecule has 29 heavy (non-hydrogen) atoms. The van der Waals surface area contributed by atoms with E-state index in [2.05, 4.69) is 6.92 Å². The number of halogens is 1. The van der Waals surface area contributed by atoms with E-state index < -0.39 is 10.0 Å². The monoisotopic (exact) mass is 434 g/mol. The summed E-state index contributed by atoms with van der Waals surface area (Å²) in [6, 6.07) is 13.7.